The van der Waals surface area contributed by atoms with Gasteiger partial charge in [0.1, 0.15) is 0 Å². The van der Waals surface area contributed by atoms with Crippen LogP contribution in [0.1, 0.15) is 60.9 Å². The van der Waals surface area contributed by atoms with E-state index in [0.717, 1.165) is 55.6 Å². The first kappa shape index (κ1) is 31.6. The number of hydrogen-bond acceptors (Lipinski definition) is 4. The maximum atomic E-state index is 13.3. The van der Waals surface area contributed by atoms with Crippen molar-refractivity contribution in [2.75, 3.05) is 27.3 Å². The van der Waals surface area contributed by atoms with E-state index in [1.165, 1.54) is 0 Å². The standard InChI is InChI=1S/C30H38F6N2O2/c1-19(2)16-28(7-9-38(10-8-28)18-23-14-27(40-6)26(39-5)11-20(23)3)21(4)37-17-22-12-24(29(31,32)33)15-25(13-22)30(34,35)36/h11-15,19,37H,4,7-10,16-18H2,1-3,5-6H3. The number of nitrogens with zero attached hydrogens (tertiary/aromatic N) is 1. The molecule has 0 atom stereocenters. The van der Waals surface area contributed by atoms with Crippen LogP contribution in [-0.4, -0.2) is 32.2 Å². The minimum atomic E-state index is -4.88. The number of nitrogens with one attached hydrogen (secondary N) is 1. The third kappa shape index (κ3) is 7.65. The summed E-state index contributed by atoms with van der Waals surface area (Å²) in [5.74, 6) is 1.66. The average molecular weight is 573 g/mol. The molecule has 0 unspecified atom stereocenters. The fourth-order valence-electron chi connectivity index (χ4n) is 5.50. The van der Waals surface area contributed by atoms with E-state index < -0.39 is 23.5 Å². The van der Waals surface area contributed by atoms with E-state index in [0.29, 0.717) is 29.7 Å². The van der Waals surface area contributed by atoms with Crippen molar-refractivity contribution in [1.29, 1.82) is 0 Å². The molecule has 1 fully saturated rings. The van der Waals surface area contributed by atoms with E-state index in [1.54, 1.807) is 14.2 Å². The number of aryl methyl sites for hydroxylation is 1. The number of benzene rings is 2. The molecule has 3 rings (SSSR count). The van der Waals surface area contributed by atoms with Crippen LogP contribution >= 0.6 is 0 Å². The number of piperidine rings is 1. The van der Waals surface area contributed by atoms with Gasteiger partial charge in [-0.05, 0) is 92.2 Å². The number of ether oxygens (including phenoxy) is 2. The molecule has 4 nitrogen and oxygen atoms in total. The molecule has 1 N–H and O–H groups in total. The molecule has 2 aromatic rings. The Kier molecular flexibility index (Phi) is 9.75. The van der Waals surface area contributed by atoms with Gasteiger partial charge in [0.05, 0.1) is 25.3 Å². The van der Waals surface area contributed by atoms with Gasteiger partial charge in [-0.3, -0.25) is 4.90 Å². The highest BCUT2D eigenvalue weighted by Crippen LogP contribution is 2.43. The minimum Gasteiger partial charge on any atom is -0.493 e. The SMILES string of the molecule is C=C(NCc1cc(C(F)(F)F)cc(C(F)(F)F)c1)C1(CC(C)C)CCN(Cc2cc(OC)c(OC)cc2C)CC1. The van der Waals surface area contributed by atoms with E-state index in [-0.39, 0.29) is 23.6 Å². The fourth-order valence-corrected chi connectivity index (χ4v) is 5.50. The molecule has 1 saturated heterocycles. The molecule has 10 heteroatoms. The van der Waals surface area contributed by atoms with Gasteiger partial charge in [0.15, 0.2) is 11.5 Å². The first-order valence-corrected chi connectivity index (χ1v) is 13.2. The molecule has 0 bridgehead atoms. The van der Waals surface area contributed by atoms with E-state index in [9.17, 15) is 26.3 Å². The third-order valence-corrected chi connectivity index (χ3v) is 7.64. The van der Waals surface area contributed by atoms with Crippen molar-refractivity contribution in [3.63, 3.8) is 0 Å². The predicted octanol–water partition coefficient (Wildman–Crippen LogP) is 7.98. The van der Waals surface area contributed by atoms with E-state index >= 15 is 0 Å². The molecular formula is C30H38F6N2O2. The zero-order valence-corrected chi connectivity index (χ0v) is 23.7. The normalized spacial score (nSPS) is 16.2. The van der Waals surface area contributed by atoms with Crippen LogP contribution in [0.15, 0.2) is 42.6 Å². The van der Waals surface area contributed by atoms with E-state index in [4.69, 9.17) is 9.47 Å². The molecular weight excluding hydrogens is 534 g/mol. The molecule has 0 radical (unpaired) electrons. The van der Waals surface area contributed by atoms with Crippen LogP contribution in [0.25, 0.3) is 0 Å². The third-order valence-electron chi connectivity index (χ3n) is 7.64. The van der Waals surface area contributed by atoms with Gasteiger partial charge in [-0.1, -0.05) is 20.4 Å². The van der Waals surface area contributed by atoms with Crippen LogP contribution in [0.2, 0.25) is 0 Å². The van der Waals surface area contributed by atoms with Crippen molar-refractivity contribution in [1.82, 2.24) is 10.2 Å². The van der Waals surface area contributed by atoms with Crippen molar-refractivity contribution in [2.45, 2.75) is 65.5 Å². The minimum absolute atomic E-state index is 0.0932. The monoisotopic (exact) mass is 572 g/mol. The Morgan fingerprint density at radius 1 is 0.925 bits per heavy atom. The summed E-state index contributed by atoms with van der Waals surface area (Å²) in [5.41, 5.74) is -0.205. The van der Waals surface area contributed by atoms with Gasteiger partial charge in [0, 0.05) is 24.2 Å². The zero-order valence-electron chi connectivity index (χ0n) is 23.7. The van der Waals surface area contributed by atoms with Crippen LogP contribution in [0.4, 0.5) is 26.3 Å². The summed E-state index contributed by atoms with van der Waals surface area (Å²) in [6.45, 7) is 12.5. The van der Waals surface area contributed by atoms with Gasteiger partial charge in [0.2, 0.25) is 0 Å². The lowest BCUT2D eigenvalue weighted by Crippen LogP contribution is -2.44. The smallest absolute Gasteiger partial charge is 0.416 e. The lowest BCUT2D eigenvalue weighted by molar-refractivity contribution is -0.143. The summed E-state index contributed by atoms with van der Waals surface area (Å²) in [6, 6.07) is 5.60. The van der Waals surface area contributed by atoms with Gasteiger partial charge < -0.3 is 14.8 Å². The second-order valence-electron chi connectivity index (χ2n) is 11.0. The number of hydrogen-bond donors (Lipinski definition) is 1. The van der Waals surface area contributed by atoms with Crippen LogP contribution < -0.4 is 14.8 Å². The molecule has 0 aromatic heterocycles. The highest BCUT2D eigenvalue weighted by Gasteiger charge is 2.39. The molecule has 1 aliphatic heterocycles. The van der Waals surface area contributed by atoms with Crippen LogP contribution in [0.3, 0.4) is 0 Å². The first-order valence-electron chi connectivity index (χ1n) is 13.2. The summed E-state index contributed by atoms with van der Waals surface area (Å²) in [6.07, 6.45) is -7.44. The van der Waals surface area contributed by atoms with Crippen molar-refractivity contribution < 1.29 is 35.8 Å². The van der Waals surface area contributed by atoms with Gasteiger partial charge in [0.25, 0.3) is 0 Å². The number of halogens is 6. The fraction of sp³-hybridized carbons (Fsp3) is 0.533. The number of rotatable bonds is 10. The molecule has 0 spiro atoms. The quantitative estimate of drug-likeness (QED) is 0.293. The number of allylic oxidation sites excluding steroid dienone is 1. The van der Waals surface area contributed by atoms with Crippen molar-refractivity contribution >= 4 is 0 Å². The van der Waals surface area contributed by atoms with E-state index in [1.807, 2.05) is 19.1 Å². The Morgan fingerprint density at radius 2 is 1.45 bits per heavy atom. The van der Waals surface area contributed by atoms with Crippen molar-refractivity contribution in [3.8, 4) is 11.5 Å². The second-order valence-corrected chi connectivity index (χ2v) is 11.0. The van der Waals surface area contributed by atoms with E-state index in [2.05, 4.69) is 30.6 Å². The molecule has 222 valence electrons. The predicted molar refractivity (Wildman–Crippen MR) is 143 cm³/mol. The Labute approximate surface area is 232 Å². The Bertz CT molecular complexity index is 1150. The summed E-state index contributed by atoms with van der Waals surface area (Å²) >= 11 is 0. The van der Waals surface area contributed by atoms with Crippen molar-refractivity contribution in [3.05, 3.63) is 70.4 Å². The second kappa shape index (κ2) is 12.3. The molecule has 0 aliphatic carbocycles. The summed E-state index contributed by atoms with van der Waals surface area (Å²) in [4.78, 5) is 2.34. The van der Waals surface area contributed by atoms with Crippen molar-refractivity contribution in [2.24, 2.45) is 11.3 Å². The highest BCUT2D eigenvalue weighted by atomic mass is 19.4. The zero-order chi connectivity index (χ0) is 29.9. The maximum absolute atomic E-state index is 13.3. The molecule has 0 saturated carbocycles. The first-order chi connectivity index (χ1) is 18.6. The largest absolute Gasteiger partial charge is 0.493 e. The Hall–Kier alpha value is -2.88. The topological polar surface area (TPSA) is 33.7 Å². The van der Waals surface area contributed by atoms with Crippen LogP contribution in [-0.2, 0) is 25.4 Å². The molecule has 1 aliphatic rings. The number of likely N-dealkylation sites (tertiary alicyclic amines) is 1. The lowest BCUT2D eigenvalue weighted by Gasteiger charge is -2.44. The molecule has 40 heavy (non-hydrogen) atoms. The molecule has 1 heterocycles. The summed E-state index contributed by atoms with van der Waals surface area (Å²) in [5, 5.41) is 3.10. The van der Waals surface area contributed by atoms with Crippen LogP contribution in [0.5, 0.6) is 11.5 Å². The Morgan fingerprint density at radius 3 is 1.93 bits per heavy atom. The average Bonchev–Trinajstić information content (AvgIpc) is 2.87. The molecule has 0 amide bonds. The van der Waals surface area contributed by atoms with Gasteiger partial charge in [-0.25, -0.2) is 0 Å². The summed E-state index contributed by atoms with van der Waals surface area (Å²) < 4.78 is 90.7. The Balaban J connectivity index is 1.74. The summed E-state index contributed by atoms with van der Waals surface area (Å²) in [7, 11) is 3.19. The van der Waals surface area contributed by atoms with Gasteiger partial charge in [-0.15, -0.1) is 0 Å². The molecule has 2 aromatic carbocycles. The maximum Gasteiger partial charge on any atom is 0.416 e. The lowest BCUT2D eigenvalue weighted by atomic mass is 9.70. The number of methoxy groups -OCH3 is 2. The number of alkyl halides is 6. The van der Waals surface area contributed by atoms with Gasteiger partial charge >= 0.3 is 12.4 Å². The van der Waals surface area contributed by atoms with Crippen LogP contribution in [0, 0.1) is 18.3 Å². The highest BCUT2D eigenvalue weighted by molar-refractivity contribution is 5.47. The van der Waals surface area contributed by atoms with Gasteiger partial charge in [-0.2, -0.15) is 26.3 Å².